The van der Waals surface area contributed by atoms with E-state index in [1.54, 1.807) is 20.0 Å². The zero-order chi connectivity index (χ0) is 16.5. The van der Waals surface area contributed by atoms with E-state index in [9.17, 15) is 4.79 Å². The second kappa shape index (κ2) is 9.12. The summed E-state index contributed by atoms with van der Waals surface area (Å²) in [5.41, 5.74) is 0.458. The van der Waals surface area contributed by atoms with E-state index in [0.29, 0.717) is 29.5 Å². The predicted molar refractivity (Wildman–Crippen MR) is 87.1 cm³/mol. The molecule has 0 fully saturated rings. The van der Waals surface area contributed by atoms with E-state index in [0.717, 1.165) is 25.3 Å². The lowest BCUT2D eigenvalue weighted by Gasteiger charge is -2.16. The van der Waals surface area contributed by atoms with Crippen molar-refractivity contribution in [2.75, 3.05) is 20.7 Å². The minimum Gasteiger partial charge on any atom is -0.465 e. The van der Waals surface area contributed by atoms with Crippen molar-refractivity contribution < 1.29 is 13.9 Å². The van der Waals surface area contributed by atoms with Crippen molar-refractivity contribution in [2.45, 2.75) is 40.2 Å². The first kappa shape index (κ1) is 18.1. The Morgan fingerprint density at radius 2 is 2.05 bits per heavy atom. The maximum absolute atomic E-state index is 11.5. The van der Waals surface area contributed by atoms with Crippen LogP contribution in [-0.4, -0.2) is 32.6 Å². The Morgan fingerprint density at radius 1 is 1.36 bits per heavy atom. The van der Waals surface area contributed by atoms with E-state index < -0.39 is 0 Å². The molecular formula is C16H27N3O3. The molecule has 0 aliphatic rings. The first-order valence-electron chi connectivity index (χ1n) is 7.67. The van der Waals surface area contributed by atoms with E-state index in [1.807, 2.05) is 0 Å². The lowest BCUT2D eigenvalue weighted by Crippen LogP contribution is -2.39. The molecular weight excluding hydrogens is 282 g/mol. The normalized spacial score (nSPS) is 11.6. The van der Waals surface area contributed by atoms with Crippen LogP contribution in [-0.2, 0) is 11.3 Å². The number of nitrogens with one attached hydrogen (secondary N) is 2. The predicted octanol–water partition coefficient (Wildman–Crippen LogP) is 2.48. The first-order valence-corrected chi connectivity index (χ1v) is 7.67. The third-order valence-corrected chi connectivity index (χ3v) is 3.74. The lowest BCUT2D eigenvalue weighted by molar-refractivity contribution is 0.0599. The highest BCUT2D eigenvalue weighted by atomic mass is 16.5. The third kappa shape index (κ3) is 5.09. The Kier molecular flexibility index (Phi) is 7.49. The summed E-state index contributed by atoms with van der Waals surface area (Å²) in [6, 6.07) is 1.70. The van der Waals surface area contributed by atoms with Gasteiger partial charge in [-0.3, -0.25) is 4.99 Å². The van der Waals surface area contributed by atoms with Gasteiger partial charge in [0.1, 0.15) is 17.1 Å². The third-order valence-electron chi connectivity index (χ3n) is 3.74. The average Bonchev–Trinajstić information content (AvgIpc) is 2.91. The van der Waals surface area contributed by atoms with Gasteiger partial charge in [-0.05, 0) is 18.9 Å². The van der Waals surface area contributed by atoms with Crippen LogP contribution < -0.4 is 10.6 Å². The molecule has 0 saturated carbocycles. The van der Waals surface area contributed by atoms with Gasteiger partial charge in [-0.15, -0.1) is 0 Å². The van der Waals surface area contributed by atoms with Crippen LogP contribution in [0.15, 0.2) is 15.5 Å². The van der Waals surface area contributed by atoms with Crippen LogP contribution in [0.3, 0.4) is 0 Å². The number of esters is 1. The number of ether oxygens (including phenoxy) is 1. The van der Waals surface area contributed by atoms with Crippen LogP contribution in [0.25, 0.3) is 0 Å². The highest BCUT2D eigenvalue weighted by Gasteiger charge is 2.15. The minimum atomic E-state index is -0.385. The van der Waals surface area contributed by atoms with Gasteiger partial charge in [-0.2, -0.15) is 0 Å². The SMILES string of the molecule is CCC(CC)CNC(=NC)NCc1cc(C(=O)OC)c(C)o1. The monoisotopic (exact) mass is 309 g/mol. The summed E-state index contributed by atoms with van der Waals surface area (Å²) in [6.45, 7) is 7.46. The molecule has 0 spiro atoms. The minimum absolute atomic E-state index is 0.385. The second-order valence-electron chi connectivity index (χ2n) is 5.16. The number of nitrogens with zero attached hydrogens (tertiary/aromatic N) is 1. The quantitative estimate of drug-likeness (QED) is 0.460. The number of carbonyl (C=O) groups is 1. The number of aliphatic imine (C=N–C) groups is 1. The molecule has 6 heteroatoms. The summed E-state index contributed by atoms with van der Waals surface area (Å²) in [6.07, 6.45) is 2.28. The standard InChI is InChI=1S/C16H27N3O3/c1-6-12(7-2)9-18-16(17-4)19-10-13-8-14(11(3)22-13)15(20)21-5/h8,12H,6-7,9-10H2,1-5H3,(H2,17,18,19). The molecule has 1 heterocycles. The van der Waals surface area contributed by atoms with Gasteiger partial charge in [-0.1, -0.05) is 26.7 Å². The maximum atomic E-state index is 11.5. The molecule has 0 aliphatic heterocycles. The maximum Gasteiger partial charge on any atom is 0.341 e. The molecule has 0 amide bonds. The van der Waals surface area contributed by atoms with Crippen molar-refractivity contribution in [3.63, 3.8) is 0 Å². The van der Waals surface area contributed by atoms with Crippen LogP contribution in [0.5, 0.6) is 0 Å². The van der Waals surface area contributed by atoms with Crippen LogP contribution >= 0.6 is 0 Å². The van der Waals surface area contributed by atoms with E-state index in [4.69, 9.17) is 9.15 Å². The summed E-state index contributed by atoms with van der Waals surface area (Å²) < 4.78 is 10.3. The fourth-order valence-corrected chi connectivity index (χ4v) is 2.15. The largest absolute Gasteiger partial charge is 0.465 e. The highest BCUT2D eigenvalue weighted by Crippen LogP contribution is 2.15. The summed E-state index contributed by atoms with van der Waals surface area (Å²) in [5.74, 6) is 2.20. The molecule has 0 aromatic carbocycles. The molecule has 124 valence electrons. The van der Waals surface area contributed by atoms with E-state index >= 15 is 0 Å². The second-order valence-corrected chi connectivity index (χ2v) is 5.16. The number of furan rings is 1. The summed E-state index contributed by atoms with van der Waals surface area (Å²) >= 11 is 0. The molecule has 0 unspecified atom stereocenters. The Bertz CT molecular complexity index is 505. The number of aryl methyl sites for hydroxylation is 1. The number of methoxy groups -OCH3 is 1. The lowest BCUT2D eigenvalue weighted by atomic mass is 10.0. The summed E-state index contributed by atoms with van der Waals surface area (Å²) in [5, 5.41) is 6.48. The molecule has 2 N–H and O–H groups in total. The van der Waals surface area contributed by atoms with E-state index in [2.05, 4.69) is 29.5 Å². The fourth-order valence-electron chi connectivity index (χ4n) is 2.15. The summed E-state index contributed by atoms with van der Waals surface area (Å²) in [7, 11) is 3.09. The van der Waals surface area contributed by atoms with Crippen molar-refractivity contribution in [1.29, 1.82) is 0 Å². The van der Waals surface area contributed by atoms with Crippen LogP contribution in [0.1, 0.15) is 48.6 Å². The van der Waals surface area contributed by atoms with Gasteiger partial charge in [0.05, 0.1) is 13.7 Å². The molecule has 22 heavy (non-hydrogen) atoms. The number of hydrogen-bond donors (Lipinski definition) is 2. The molecule has 0 atom stereocenters. The van der Waals surface area contributed by atoms with Crippen molar-refractivity contribution in [3.05, 3.63) is 23.2 Å². The van der Waals surface area contributed by atoms with Crippen molar-refractivity contribution in [2.24, 2.45) is 10.9 Å². The average molecular weight is 309 g/mol. The zero-order valence-electron chi connectivity index (χ0n) is 14.2. The number of hydrogen-bond acceptors (Lipinski definition) is 4. The van der Waals surface area contributed by atoms with Gasteiger partial charge in [0.25, 0.3) is 0 Å². The first-order chi connectivity index (χ1) is 10.5. The molecule has 1 rings (SSSR count). The van der Waals surface area contributed by atoms with Crippen LogP contribution in [0.2, 0.25) is 0 Å². The number of carbonyl (C=O) groups excluding carboxylic acids is 1. The van der Waals surface area contributed by atoms with E-state index in [-0.39, 0.29) is 5.97 Å². The Morgan fingerprint density at radius 3 is 2.59 bits per heavy atom. The Balaban J connectivity index is 2.55. The van der Waals surface area contributed by atoms with Crippen molar-refractivity contribution >= 4 is 11.9 Å². The highest BCUT2D eigenvalue weighted by molar-refractivity contribution is 5.90. The zero-order valence-corrected chi connectivity index (χ0v) is 14.2. The van der Waals surface area contributed by atoms with Crippen LogP contribution in [0, 0.1) is 12.8 Å². The van der Waals surface area contributed by atoms with Gasteiger partial charge in [0.2, 0.25) is 0 Å². The molecule has 0 radical (unpaired) electrons. The van der Waals surface area contributed by atoms with Crippen LogP contribution in [0.4, 0.5) is 0 Å². The van der Waals surface area contributed by atoms with Gasteiger partial charge in [0.15, 0.2) is 5.96 Å². The number of guanidine groups is 1. The molecule has 1 aromatic rings. The number of rotatable bonds is 7. The van der Waals surface area contributed by atoms with Crippen molar-refractivity contribution in [3.8, 4) is 0 Å². The fraction of sp³-hybridized carbons (Fsp3) is 0.625. The van der Waals surface area contributed by atoms with Gasteiger partial charge >= 0.3 is 5.97 Å². The van der Waals surface area contributed by atoms with Gasteiger partial charge in [0, 0.05) is 13.6 Å². The van der Waals surface area contributed by atoms with Gasteiger partial charge < -0.3 is 19.8 Å². The smallest absolute Gasteiger partial charge is 0.341 e. The Labute approximate surface area is 132 Å². The molecule has 6 nitrogen and oxygen atoms in total. The summed E-state index contributed by atoms with van der Waals surface area (Å²) in [4.78, 5) is 15.7. The Hall–Kier alpha value is -1.98. The molecule has 1 aromatic heterocycles. The molecule has 0 saturated heterocycles. The van der Waals surface area contributed by atoms with E-state index in [1.165, 1.54) is 7.11 Å². The molecule has 0 bridgehead atoms. The van der Waals surface area contributed by atoms with Gasteiger partial charge in [-0.25, -0.2) is 4.79 Å². The topological polar surface area (TPSA) is 75.9 Å². The van der Waals surface area contributed by atoms with Crippen molar-refractivity contribution in [1.82, 2.24) is 10.6 Å². The molecule has 0 aliphatic carbocycles.